The van der Waals surface area contributed by atoms with Crippen molar-refractivity contribution in [3.05, 3.63) is 23.8 Å². The van der Waals surface area contributed by atoms with Gasteiger partial charge in [0.1, 0.15) is 6.10 Å². The molecule has 53 heavy (non-hydrogen) atoms. The van der Waals surface area contributed by atoms with Gasteiger partial charge in [-0.15, -0.1) is 0 Å². The highest BCUT2D eigenvalue weighted by molar-refractivity contribution is 5.60. The fraction of sp³-hybridized carbons (Fsp3) is 0.900. The van der Waals surface area contributed by atoms with Crippen LogP contribution < -0.4 is 0 Å². The van der Waals surface area contributed by atoms with Crippen molar-refractivity contribution in [1.82, 2.24) is 0 Å². The summed E-state index contributed by atoms with van der Waals surface area (Å²) in [5, 5.41) is 0. The van der Waals surface area contributed by atoms with Crippen LogP contribution in [-0.4, -0.2) is 18.9 Å². The van der Waals surface area contributed by atoms with Gasteiger partial charge in [0.25, 0.3) is 0 Å². The highest BCUT2D eigenvalue weighted by atomic mass is 16.7. The van der Waals surface area contributed by atoms with Gasteiger partial charge in [-0.05, 0) is 123 Å². The molecule has 0 aromatic carbocycles. The van der Waals surface area contributed by atoms with Gasteiger partial charge in [0.05, 0.1) is 6.61 Å². The minimum atomic E-state index is -0.436. The number of hydrogen-bond acceptors (Lipinski definition) is 3. The molecule has 4 unspecified atom stereocenters. The van der Waals surface area contributed by atoms with Crippen molar-refractivity contribution in [1.29, 1.82) is 0 Å². The van der Waals surface area contributed by atoms with Crippen molar-refractivity contribution in [2.75, 3.05) is 6.61 Å². The Labute approximate surface area is 330 Å². The molecule has 3 heteroatoms. The Morgan fingerprint density at radius 3 is 2.00 bits per heavy atom. The van der Waals surface area contributed by atoms with Crippen LogP contribution in [0.4, 0.5) is 4.79 Å². The lowest BCUT2D eigenvalue weighted by atomic mass is 9.47. The largest absolute Gasteiger partial charge is 0.508 e. The molecule has 0 bridgehead atoms. The van der Waals surface area contributed by atoms with Gasteiger partial charge in [-0.2, -0.15) is 0 Å². The first kappa shape index (κ1) is 44.5. The van der Waals surface area contributed by atoms with E-state index in [-0.39, 0.29) is 6.10 Å². The van der Waals surface area contributed by atoms with Crippen LogP contribution in [0.2, 0.25) is 0 Å². The summed E-state index contributed by atoms with van der Waals surface area (Å²) in [6, 6.07) is 0. The van der Waals surface area contributed by atoms with Crippen molar-refractivity contribution in [2.24, 2.45) is 46.3 Å². The standard InChI is InChI=1S/C50H88O3/c1-7-8-9-10-11-12-13-14-15-16-17-18-19-20-21-22-23-24-25-26-38-52-48(51)53-43-34-36-49(5)42(39-43)30-31-44-46-33-32-45(41(4)29-27-28-40(2)3)50(46,6)37-35-47(44)49/h14-15,30,40-41,43-47H,7-13,16-29,31-39H2,1-6H3/t41-,43?,44?,45-,46?,47?,49+,50-/m1/s1. The highest BCUT2D eigenvalue weighted by Gasteiger charge is 2.59. The zero-order valence-electron chi connectivity index (χ0n) is 36.2. The molecule has 8 atom stereocenters. The van der Waals surface area contributed by atoms with Crippen molar-refractivity contribution >= 4 is 6.16 Å². The summed E-state index contributed by atoms with van der Waals surface area (Å²) in [4.78, 5) is 12.7. The molecule has 4 aliphatic carbocycles. The Balaban J connectivity index is 1.01. The monoisotopic (exact) mass is 737 g/mol. The van der Waals surface area contributed by atoms with Crippen LogP contribution in [0.1, 0.15) is 228 Å². The number of ether oxygens (including phenoxy) is 2. The number of carbonyl (C=O) groups excluding carboxylic acids is 1. The Morgan fingerprint density at radius 2 is 1.36 bits per heavy atom. The SMILES string of the molecule is CCCCCCCCC=CCCCCCCCCCCCCOC(=O)OC1CC[C@@]2(C)C(=CCC3C2CC[C@@]2(C)C3CC[C@@H]2[C@H](C)CCCC(C)C)C1. The first-order valence-electron chi connectivity index (χ1n) is 23.9. The van der Waals surface area contributed by atoms with Crippen LogP contribution >= 0.6 is 0 Å². The minimum Gasteiger partial charge on any atom is -0.434 e. The molecule has 3 fully saturated rings. The van der Waals surface area contributed by atoms with Crippen LogP contribution in [0.15, 0.2) is 23.8 Å². The molecule has 4 rings (SSSR count). The zero-order valence-corrected chi connectivity index (χ0v) is 36.2. The summed E-state index contributed by atoms with van der Waals surface area (Å²) in [6.07, 6.45) is 45.0. The maximum atomic E-state index is 12.7. The van der Waals surface area contributed by atoms with Crippen molar-refractivity contribution in [3.8, 4) is 0 Å². The van der Waals surface area contributed by atoms with Crippen LogP contribution in [-0.2, 0) is 9.47 Å². The smallest absolute Gasteiger partial charge is 0.434 e. The van der Waals surface area contributed by atoms with Gasteiger partial charge < -0.3 is 9.47 Å². The third kappa shape index (κ3) is 13.7. The zero-order chi connectivity index (χ0) is 37.9. The molecule has 0 aromatic heterocycles. The summed E-state index contributed by atoms with van der Waals surface area (Å²) >= 11 is 0. The summed E-state index contributed by atoms with van der Waals surface area (Å²) in [5.74, 6) is 5.15. The predicted molar refractivity (Wildman–Crippen MR) is 227 cm³/mol. The fourth-order valence-electron chi connectivity index (χ4n) is 12.1. The maximum absolute atomic E-state index is 12.7. The Hall–Kier alpha value is -1.25. The van der Waals surface area contributed by atoms with Gasteiger partial charge in [-0.3, -0.25) is 0 Å². The van der Waals surface area contributed by atoms with Gasteiger partial charge in [0.15, 0.2) is 0 Å². The van der Waals surface area contributed by atoms with Crippen molar-refractivity contribution in [3.63, 3.8) is 0 Å². The lowest BCUT2D eigenvalue weighted by Crippen LogP contribution is -2.51. The van der Waals surface area contributed by atoms with Crippen LogP contribution in [0.3, 0.4) is 0 Å². The van der Waals surface area contributed by atoms with Gasteiger partial charge in [0, 0.05) is 6.42 Å². The van der Waals surface area contributed by atoms with E-state index in [1.54, 1.807) is 5.57 Å². The Bertz CT molecular complexity index is 1070. The first-order chi connectivity index (χ1) is 25.7. The Kier molecular flexibility index (Phi) is 19.9. The van der Waals surface area contributed by atoms with E-state index in [0.29, 0.717) is 17.4 Å². The van der Waals surface area contributed by atoms with E-state index in [1.807, 2.05) is 0 Å². The minimum absolute atomic E-state index is 0.0128. The van der Waals surface area contributed by atoms with Gasteiger partial charge in [0.2, 0.25) is 0 Å². The fourth-order valence-corrected chi connectivity index (χ4v) is 12.1. The third-order valence-corrected chi connectivity index (χ3v) is 15.4. The lowest BCUT2D eigenvalue weighted by molar-refractivity contribution is -0.0617. The van der Waals surface area contributed by atoms with Crippen LogP contribution in [0.5, 0.6) is 0 Å². The lowest BCUT2D eigenvalue weighted by Gasteiger charge is -2.58. The molecular weight excluding hydrogens is 649 g/mol. The second-order valence-electron chi connectivity index (χ2n) is 19.7. The molecule has 0 saturated heterocycles. The summed E-state index contributed by atoms with van der Waals surface area (Å²) in [6.45, 7) is 15.4. The number of rotatable bonds is 26. The molecule has 3 nitrogen and oxygen atoms in total. The predicted octanol–water partition coefficient (Wildman–Crippen LogP) is 16.1. The molecular formula is C50H88O3. The molecule has 0 heterocycles. The first-order valence-corrected chi connectivity index (χ1v) is 23.9. The quantitative estimate of drug-likeness (QED) is 0.0504. The molecule has 0 aliphatic heterocycles. The van der Waals surface area contributed by atoms with Gasteiger partial charge in [-0.1, -0.05) is 168 Å². The average Bonchev–Trinajstić information content (AvgIpc) is 3.49. The molecule has 0 spiro atoms. The molecule has 0 radical (unpaired) electrons. The van der Waals surface area contributed by atoms with Gasteiger partial charge in [-0.25, -0.2) is 4.79 Å². The van der Waals surface area contributed by atoms with E-state index in [4.69, 9.17) is 9.47 Å². The van der Waals surface area contributed by atoms with Crippen molar-refractivity contribution < 1.29 is 14.3 Å². The average molecular weight is 737 g/mol. The summed E-state index contributed by atoms with van der Waals surface area (Å²) < 4.78 is 11.5. The van der Waals surface area contributed by atoms with E-state index in [0.717, 1.165) is 67.6 Å². The maximum Gasteiger partial charge on any atom is 0.508 e. The van der Waals surface area contributed by atoms with E-state index in [9.17, 15) is 4.79 Å². The van der Waals surface area contributed by atoms with Crippen molar-refractivity contribution in [2.45, 2.75) is 234 Å². The molecule has 0 amide bonds. The van der Waals surface area contributed by atoms with E-state index in [1.165, 1.54) is 154 Å². The van der Waals surface area contributed by atoms with E-state index >= 15 is 0 Å². The summed E-state index contributed by atoms with van der Waals surface area (Å²) in [7, 11) is 0. The second kappa shape index (κ2) is 23.7. The Morgan fingerprint density at radius 1 is 0.736 bits per heavy atom. The normalized spacial score (nSPS) is 30.2. The molecule has 4 aliphatic rings. The topological polar surface area (TPSA) is 35.5 Å². The second-order valence-corrected chi connectivity index (χ2v) is 19.7. The third-order valence-electron chi connectivity index (χ3n) is 15.4. The van der Waals surface area contributed by atoms with Crippen LogP contribution in [0, 0.1) is 46.3 Å². The summed E-state index contributed by atoms with van der Waals surface area (Å²) in [5.41, 5.74) is 2.42. The number of carbonyl (C=O) groups is 1. The van der Waals surface area contributed by atoms with Crippen LogP contribution in [0.25, 0.3) is 0 Å². The molecule has 0 aromatic rings. The number of hydrogen-bond donors (Lipinski definition) is 0. The number of fused-ring (bicyclic) bond motifs is 5. The molecule has 3 saturated carbocycles. The number of allylic oxidation sites excluding steroid dienone is 3. The highest BCUT2D eigenvalue weighted by Crippen LogP contribution is 2.67. The van der Waals surface area contributed by atoms with Gasteiger partial charge >= 0.3 is 6.16 Å². The van der Waals surface area contributed by atoms with E-state index < -0.39 is 6.16 Å². The molecule has 306 valence electrons. The molecule has 0 N–H and O–H groups in total. The number of unbranched alkanes of at least 4 members (excludes halogenated alkanes) is 16. The van der Waals surface area contributed by atoms with E-state index in [2.05, 4.69) is 59.8 Å².